The summed E-state index contributed by atoms with van der Waals surface area (Å²) in [6.45, 7) is 6.67. The molecule has 0 N–H and O–H groups in total. The molecule has 232 valence electrons. The number of hydrogen-bond acceptors (Lipinski definition) is 3. The summed E-state index contributed by atoms with van der Waals surface area (Å²) >= 11 is 0. The molecule has 0 atom stereocenters. The van der Waals surface area contributed by atoms with Crippen molar-refractivity contribution in [2.24, 2.45) is 5.92 Å². The quantitative estimate of drug-likeness (QED) is 0.128. The molecule has 0 unspecified atom stereocenters. The molecule has 1 saturated carbocycles. The predicted octanol–water partition coefficient (Wildman–Crippen LogP) is 10.2. The number of nitrogens with zero attached hydrogens (tertiary/aromatic N) is 3. The zero-order valence-electron chi connectivity index (χ0n) is 26.8. The van der Waals surface area contributed by atoms with Gasteiger partial charge in [0.25, 0.3) is 0 Å². The highest BCUT2D eigenvalue weighted by molar-refractivity contribution is 5.68. The van der Waals surface area contributed by atoms with E-state index in [0.717, 1.165) is 62.2 Å². The molecule has 1 aromatic heterocycles. The van der Waals surface area contributed by atoms with Gasteiger partial charge >= 0.3 is 0 Å². The van der Waals surface area contributed by atoms with Gasteiger partial charge in [0.1, 0.15) is 18.2 Å². The molecular weight excluding hydrogens is 550 g/mol. The number of imidazole rings is 1. The van der Waals surface area contributed by atoms with E-state index in [1.807, 2.05) is 6.07 Å². The van der Waals surface area contributed by atoms with Gasteiger partial charge in [0.2, 0.25) is 0 Å². The van der Waals surface area contributed by atoms with E-state index in [9.17, 15) is 0 Å². The summed E-state index contributed by atoms with van der Waals surface area (Å²) in [7, 11) is 0. The van der Waals surface area contributed by atoms with Crippen molar-refractivity contribution < 1.29 is 4.74 Å². The van der Waals surface area contributed by atoms with Gasteiger partial charge in [0.05, 0.1) is 11.4 Å². The molecule has 6 rings (SSSR count). The third-order valence-electron chi connectivity index (χ3n) is 9.05. The van der Waals surface area contributed by atoms with E-state index in [4.69, 9.17) is 9.72 Å². The van der Waals surface area contributed by atoms with Gasteiger partial charge in [-0.15, -0.1) is 0 Å². The summed E-state index contributed by atoms with van der Waals surface area (Å²) in [5.41, 5.74) is 7.28. The maximum Gasteiger partial charge on any atom is 0.140 e. The first kappa shape index (κ1) is 30.9. The number of unbranched alkanes of at least 4 members (excludes halogenated alkanes) is 1. The SMILES string of the molecule is CCCCn1c(-c2ccccc2)nc(-c2ccccc2)c1CN(Cc1cccc(OCc2ccccc2)c1)CC1CCCCC1. The lowest BCUT2D eigenvalue weighted by Gasteiger charge is -2.30. The van der Waals surface area contributed by atoms with Crippen molar-refractivity contribution >= 4 is 0 Å². The monoisotopic (exact) mass is 597 g/mol. The fourth-order valence-corrected chi connectivity index (χ4v) is 6.70. The summed E-state index contributed by atoms with van der Waals surface area (Å²) < 4.78 is 8.76. The van der Waals surface area contributed by atoms with Crippen LogP contribution in [0.15, 0.2) is 115 Å². The van der Waals surface area contributed by atoms with Crippen LogP contribution in [0.2, 0.25) is 0 Å². The number of hydrogen-bond donors (Lipinski definition) is 0. The van der Waals surface area contributed by atoms with E-state index in [1.54, 1.807) is 0 Å². The molecule has 45 heavy (non-hydrogen) atoms. The Bertz CT molecular complexity index is 1590. The van der Waals surface area contributed by atoms with Gasteiger partial charge in [-0.2, -0.15) is 0 Å². The Morgan fingerprint density at radius 3 is 2.11 bits per heavy atom. The molecule has 1 aliphatic rings. The molecule has 1 fully saturated rings. The molecule has 1 aliphatic carbocycles. The molecule has 4 nitrogen and oxygen atoms in total. The van der Waals surface area contributed by atoms with Crippen LogP contribution >= 0.6 is 0 Å². The number of benzene rings is 4. The van der Waals surface area contributed by atoms with Crippen LogP contribution in [-0.4, -0.2) is 21.0 Å². The van der Waals surface area contributed by atoms with Crippen LogP contribution in [0.25, 0.3) is 22.6 Å². The standard InChI is InChI=1S/C41H47N3O/c1-2-3-27-44-39(40(36-22-12-6-13-23-36)42-41(44)37-24-14-7-15-25-37)31-43(29-33-17-8-4-9-18-33)30-35-21-16-26-38(28-35)45-32-34-19-10-5-11-20-34/h5-7,10-16,19-26,28,33H,2-4,8-9,17-18,27,29-32H2,1H3. The summed E-state index contributed by atoms with van der Waals surface area (Å²) in [5, 5.41) is 0. The normalized spacial score (nSPS) is 13.7. The fourth-order valence-electron chi connectivity index (χ4n) is 6.70. The maximum atomic E-state index is 6.24. The van der Waals surface area contributed by atoms with E-state index < -0.39 is 0 Å². The van der Waals surface area contributed by atoms with Gasteiger partial charge in [-0.25, -0.2) is 4.98 Å². The van der Waals surface area contributed by atoms with E-state index in [-0.39, 0.29) is 0 Å². The molecule has 0 bridgehead atoms. The summed E-state index contributed by atoms with van der Waals surface area (Å²) in [4.78, 5) is 8.08. The fraction of sp³-hybridized carbons (Fsp3) is 0.341. The van der Waals surface area contributed by atoms with Crippen LogP contribution < -0.4 is 4.74 Å². The molecule has 0 spiro atoms. The topological polar surface area (TPSA) is 30.3 Å². The van der Waals surface area contributed by atoms with E-state index in [0.29, 0.717) is 6.61 Å². The smallest absolute Gasteiger partial charge is 0.140 e. The highest BCUT2D eigenvalue weighted by atomic mass is 16.5. The molecular formula is C41H47N3O. The van der Waals surface area contributed by atoms with Crippen LogP contribution in [-0.2, 0) is 26.2 Å². The van der Waals surface area contributed by atoms with Gasteiger partial charge in [-0.05, 0) is 48.4 Å². The number of ether oxygens (including phenoxy) is 1. The van der Waals surface area contributed by atoms with Crippen molar-refractivity contribution in [3.05, 3.63) is 132 Å². The Morgan fingerprint density at radius 1 is 0.733 bits per heavy atom. The van der Waals surface area contributed by atoms with Gasteiger partial charge < -0.3 is 9.30 Å². The van der Waals surface area contributed by atoms with Crippen molar-refractivity contribution in [2.75, 3.05) is 6.54 Å². The van der Waals surface area contributed by atoms with Gasteiger partial charge in [0.15, 0.2) is 0 Å². The highest BCUT2D eigenvalue weighted by Crippen LogP contribution is 2.33. The Labute approximate surface area is 269 Å². The average Bonchev–Trinajstić information content (AvgIpc) is 3.46. The maximum absolute atomic E-state index is 6.24. The average molecular weight is 598 g/mol. The Morgan fingerprint density at radius 2 is 1.40 bits per heavy atom. The van der Waals surface area contributed by atoms with Gasteiger partial charge in [-0.1, -0.05) is 136 Å². The van der Waals surface area contributed by atoms with Crippen LogP contribution in [0, 0.1) is 5.92 Å². The zero-order chi connectivity index (χ0) is 30.7. The highest BCUT2D eigenvalue weighted by Gasteiger charge is 2.24. The number of aromatic nitrogens is 2. The molecule has 4 heteroatoms. The van der Waals surface area contributed by atoms with Crippen molar-refractivity contribution in [1.82, 2.24) is 14.5 Å². The summed E-state index contributed by atoms with van der Waals surface area (Å²) in [5.74, 6) is 2.74. The minimum Gasteiger partial charge on any atom is -0.489 e. The van der Waals surface area contributed by atoms with Crippen LogP contribution in [0.1, 0.15) is 68.7 Å². The second-order valence-corrected chi connectivity index (χ2v) is 12.6. The van der Waals surface area contributed by atoms with E-state index in [2.05, 4.69) is 126 Å². The third-order valence-corrected chi connectivity index (χ3v) is 9.05. The predicted molar refractivity (Wildman–Crippen MR) is 186 cm³/mol. The second kappa shape index (κ2) is 15.7. The molecule has 5 aromatic rings. The molecule has 0 saturated heterocycles. The lowest BCUT2D eigenvalue weighted by Crippen LogP contribution is -2.31. The van der Waals surface area contributed by atoms with E-state index in [1.165, 1.54) is 60.1 Å². The lowest BCUT2D eigenvalue weighted by molar-refractivity contribution is 0.183. The van der Waals surface area contributed by atoms with Gasteiger partial charge in [-0.3, -0.25) is 4.90 Å². The van der Waals surface area contributed by atoms with Gasteiger partial charge in [0, 0.05) is 37.3 Å². The largest absolute Gasteiger partial charge is 0.489 e. The molecule has 0 radical (unpaired) electrons. The first-order valence-electron chi connectivity index (χ1n) is 16.9. The van der Waals surface area contributed by atoms with Crippen molar-refractivity contribution in [3.8, 4) is 28.4 Å². The molecule has 0 amide bonds. The van der Waals surface area contributed by atoms with Crippen molar-refractivity contribution in [2.45, 2.75) is 78.1 Å². The Kier molecular flexibility index (Phi) is 10.8. The summed E-state index contributed by atoms with van der Waals surface area (Å²) in [6, 6.07) is 40.6. The number of rotatable bonds is 14. The van der Waals surface area contributed by atoms with E-state index >= 15 is 0 Å². The van der Waals surface area contributed by atoms with Crippen LogP contribution in [0.3, 0.4) is 0 Å². The Hall–Kier alpha value is -4.15. The Balaban J connectivity index is 1.34. The first-order chi connectivity index (χ1) is 22.3. The molecule has 1 heterocycles. The first-order valence-corrected chi connectivity index (χ1v) is 16.9. The molecule has 4 aromatic carbocycles. The molecule has 0 aliphatic heterocycles. The van der Waals surface area contributed by atoms with Crippen molar-refractivity contribution in [3.63, 3.8) is 0 Å². The lowest BCUT2D eigenvalue weighted by atomic mass is 9.89. The zero-order valence-corrected chi connectivity index (χ0v) is 26.8. The third kappa shape index (κ3) is 8.32. The van der Waals surface area contributed by atoms with Crippen LogP contribution in [0.4, 0.5) is 0 Å². The second-order valence-electron chi connectivity index (χ2n) is 12.6. The minimum atomic E-state index is 0.579. The summed E-state index contributed by atoms with van der Waals surface area (Å²) in [6.07, 6.45) is 9.00. The minimum absolute atomic E-state index is 0.579. The van der Waals surface area contributed by atoms with Crippen molar-refractivity contribution in [1.29, 1.82) is 0 Å². The van der Waals surface area contributed by atoms with Crippen LogP contribution in [0.5, 0.6) is 5.75 Å².